The highest BCUT2D eigenvalue weighted by Gasteiger charge is 2.48. The van der Waals surface area contributed by atoms with E-state index in [2.05, 4.69) is 0 Å². The molecular weight excluding hydrogens is 170 g/mol. The van der Waals surface area contributed by atoms with Crippen molar-refractivity contribution in [2.24, 2.45) is 5.73 Å². The molecule has 1 rings (SSSR count). The van der Waals surface area contributed by atoms with Gasteiger partial charge in [-0.25, -0.2) is 0 Å². The van der Waals surface area contributed by atoms with E-state index in [1.54, 1.807) is 0 Å². The van der Waals surface area contributed by atoms with Crippen LogP contribution in [0.2, 0.25) is 0 Å². The molecule has 0 heterocycles. The maximum Gasteiger partial charge on any atom is 0.326 e. The van der Waals surface area contributed by atoms with Gasteiger partial charge in [-0.3, -0.25) is 4.79 Å². The molecule has 0 saturated heterocycles. The van der Waals surface area contributed by atoms with Crippen LogP contribution in [0.15, 0.2) is 0 Å². The third-order valence-electron chi connectivity index (χ3n) is 1.59. The van der Waals surface area contributed by atoms with Gasteiger partial charge in [-0.05, 0) is 33.6 Å². The zero-order chi connectivity index (χ0) is 10.7. The summed E-state index contributed by atoms with van der Waals surface area (Å²) in [7, 11) is 0. The Morgan fingerprint density at radius 3 is 2.00 bits per heavy atom. The van der Waals surface area contributed by atoms with Crippen LogP contribution in [0.4, 0.5) is 0 Å². The summed E-state index contributed by atoms with van der Waals surface area (Å²) in [4.78, 5) is 19.2. The molecule has 4 nitrogen and oxygen atoms in total. The van der Waals surface area contributed by atoms with Gasteiger partial charge in [0.05, 0.1) is 0 Å². The molecule has 1 aliphatic rings. The van der Waals surface area contributed by atoms with Gasteiger partial charge in [-0.15, -0.1) is 0 Å². The molecule has 0 unspecified atom stereocenters. The lowest BCUT2D eigenvalue weighted by Crippen LogP contribution is -2.39. The summed E-state index contributed by atoms with van der Waals surface area (Å²) in [6.45, 7) is 7.53. The topological polar surface area (TPSA) is 69.4 Å². The highest BCUT2D eigenvalue weighted by atomic mass is 16.6. The first kappa shape index (κ1) is 12.1. The van der Waals surface area contributed by atoms with Crippen molar-refractivity contribution >= 4 is 12.8 Å². The molecular formula is C9H17NO3. The van der Waals surface area contributed by atoms with Gasteiger partial charge in [0.15, 0.2) is 0 Å². The lowest BCUT2D eigenvalue weighted by molar-refractivity contribution is -0.157. The van der Waals surface area contributed by atoms with Gasteiger partial charge >= 0.3 is 5.97 Å². The lowest BCUT2D eigenvalue weighted by Gasteiger charge is -2.21. The minimum atomic E-state index is -0.646. The van der Waals surface area contributed by atoms with E-state index in [9.17, 15) is 4.79 Å². The molecule has 13 heavy (non-hydrogen) atoms. The van der Waals surface area contributed by atoms with Gasteiger partial charge in [0.25, 0.3) is 0 Å². The van der Waals surface area contributed by atoms with Crippen LogP contribution in [-0.2, 0) is 14.3 Å². The Balaban J connectivity index is 0.000000671. The maximum absolute atomic E-state index is 11.2. The van der Waals surface area contributed by atoms with Crippen LogP contribution >= 0.6 is 0 Å². The van der Waals surface area contributed by atoms with Crippen LogP contribution in [0.5, 0.6) is 0 Å². The maximum atomic E-state index is 11.2. The van der Waals surface area contributed by atoms with Gasteiger partial charge < -0.3 is 15.3 Å². The SMILES string of the molecule is C=O.CC(C)(C)OC(=O)C1(N)CC1. The van der Waals surface area contributed by atoms with Crippen molar-refractivity contribution in [2.45, 2.75) is 44.8 Å². The van der Waals surface area contributed by atoms with Gasteiger partial charge in [0.1, 0.15) is 17.9 Å². The van der Waals surface area contributed by atoms with Crippen molar-refractivity contribution in [3.8, 4) is 0 Å². The summed E-state index contributed by atoms with van der Waals surface area (Å²) in [5.74, 6) is -0.259. The van der Waals surface area contributed by atoms with Gasteiger partial charge in [0, 0.05) is 0 Å². The standard InChI is InChI=1S/C8H15NO2.CH2O/c1-7(2,3)11-6(10)8(9)4-5-8;1-2/h4-5,9H2,1-3H3;1H2. The second-order valence-electron chi connectivity index (χ2n) is 4.16. The smallest absolute Gasteiger partial charge is 0.326 e. The normalized spacial score (nSPS) is 18.2. The van der Waals surface area contributed by atoms with E-state index in [0.29, 0.717) is 0 Å². The monoisotopic (exact) mass is 187 g/mol. The number of carbonyl (C=O) groups excluding carboxylic acids is 2. The number of hydrogen-bond donors (Lipinski definition) is 1. The predicted molar refractivity (Wildman–Crippen MR) is 49.1 cm³/mol. The van der Waals surface area contributed by atoms with E-state index in [-0.39, 0.29) is 5.97 Å². The third kappa shape index (κ3) is 4.03. The van der Waals surface area contributed by atoms with Crippen molar-refractivity contribution in [1.29, 1.82) is 0 Å². The lowest BCUT2D eigenvalue weighted by atomic mass is 10.2. The first-order valence-electron chi connectivity index (χ1n) is 4.15. The Morgan fingerprint density at radius 1 is 1.38 bits per heavy atom. The molecule has 2 N–H and O–H groups in total. The summed E-state index contributed by atoms with van der Waals surface area (Å²) < 4.78 is 5.10. The molecule has 4 heteroatoms. The largest absolute Gasteiger partial charge is 0.459 e. The number of nitrogens with two attached hydrogens (primary N) is 1. The number of ether oxygens (including phenoxy) is 1. The Kier molecular flexibility index (Phi) is 3.60. The molecule has 1 saturated carbocycles. The number of rotatable bonds is 1. The van der Waals surface area contributed by atoms with Crippen LogP contribution in [0.3, 0.4) is 0 Å². The van der Waals surface area contributed by atoms with E-state index in [4.69, 9.17) is 15.3 Å². The fraction of sp³-hybridized carbons (Fsp3) is 0.778. The third-order valence-corrected chi connectivity index (χ3v) is 1.59. The van der Waals surface area contributed by atoms with Crippen molar-refractivity contribution in [1.82, 2.24) is 0 Å². The molecule has 0 bridgehead atoms. The van der Waals surface area contributed by atoms with Gasteiger partial charge in [-0.2, -0.15) is 0 Å². The van der Waals surface area contributed by atoms with Gasteiger partial charge in [-0.1, -0.05) is 0 Å². The predicted octanol–water partition coefficient (Wildman–Crippen LogP) is 0.634. The summed E-state index contributed by atoms with van der Waals surface area (Å²) in [6.07, 6.45) is 1.53. The van der Waals surface area contributed by atoms with E-state index in [0.717, 1.165) is 12.8 Å². The summed E-state index contributed by atoms with van der Waals surface area (Å²) in [5.41, 5.74) is 4.57. The molecule has 1 fully saturated rings. The minimum Gasteiger partial charge on any atom is -0.459 e. The summed E-state index contributed by atoms with van der Waals surface area (Å²) >= 11 is 0. The Hall–Kier alpha value is -0.900. The highest BCUT2D eigenvalue weighted by Crippen LogP contribution is 2.34. The van der Waals surface area contributed by atoms with Crippen molar-refractivity contribution < 1.29 is 14.3 Å². The summed E-state index contributed by atoms with van der Waals surface area (Å²) in [6, 6.07) is 0. The number of hydrogen-bond acceptors (Lipinski definition) is 4. The Morgan fingerprint density at radius 2 is 1.77 bits per heavy atom. The van der Waals surface area contributed by atoms with E-state index < -0.39 is 11.1 Å². The van der Waals surface area contributed by atoms with Crippen molar-refractivity contribution in [2.75, 3.05) is 0 Å². The minimum absolute atomic E-state index is 0.259. The summed E-state index contributed by atoms with van der Waals surface area (Å²) in [5, 5.41) is 0. The fourth-order valence-electron chi connectivity index (χ4n) is 0.719. The van der Waals surface area contributed by atoms with Crippen LogP contribution in [0.1, 0.15) is 33.6 Å². The van der Waals surface area contributed by atoms with Crippen molar-refractivity contribution in [3.63, 3.8) is 0 Å². The fourth-order valence-corrected chi connectivity index (χ4v) is 0.719. The molecule has 0 aliphatic heterocycles. The first-order chi connectivity index (χ1) is 5.83. The zero-order valence-corrected chi connectivity index (χ0v) is 8.42. The number of esters is 1. The molecule has 0 spiro atoms. The van der Waals surface area contributed by atoms with Crippen LogP contribution in [0.25, 0.3) is 0 Å². The Labute approximate surface area is 78.4 Å². The van der Waals surface area contributed by atoms with Crippen molar-refractivity contribution in [3.05, 3.63) is 0 Å². The Bertz CT molecular complexity index is 192. The molecule has 0 radical (unpaired) electrons. The van der Waals surface area contributed by atoms with Crippen LogP contribution < -0.4 is 5.73 Å². The molecule has 0 atom stereocenters. The average Bonchev–Trinajstić information content (AvgIpc) is 2.70. The molecule has 1 aliphatic carbocycles. The van der Waals surface area contributed by atoms with Gasteiger partial charge in [0.2, 0.25) is 0 Å². The zero-order valence-electron chi connectivity index (χ0n) is 8.42. The second-order valence-corrected chi connectivity index (χ2v) is 4.16. The molecule has 76 valence electrons. The van der Waals surface area contributed by atoms with Crippen LogP contribution in [-0.4, -0.2) is 23.9 Å². The molecule has 0 amide bonds. The first-order valence-corrected chi connectivity index (χ1v) is 4.15. The molecule has 0 aromatic rings. The van der Waals surface area contributed by atoms with Crippen LogP contribution in [0, 0.1) is 0 Å². The van der Waals surface area contributed by atoms with E-state index >= 15 is 0 Å². The highest BCUT2D eigenvalue weighted by molar-refractivity contribution is 5.84. The van der Waals surface area contributed by atoms with E-state index in [1.165, 1.54) is 0 Å². The number of carbonyl (C=O) groups is 2. The molecule has 0 aromatic heterocycles. The molecule has 0 aromatic carbocycles. The average molecular weight is 187 g/mol. The second kappa shape index (κ2) is 3.87. The quantitative estimate of drug-likeness (QED) is 0.611. The van der Waals surface area contributed by atoms with E-state index in [1.807, 2.05) is 27.6 Å².